The molecule has 0 aromatic carbocycles. The Morgan fingerprint density at radius 1 is 0.276 bits per heavy atom. The van der Waals surface area contributed by atoms with E-state index < -0.39 is 0 Å². The highest BCUT2D eigenvalue weighted by Gasteiger charge is 2.03. The molecule has 0 aliphatic rings. The monoisotopic (exact) mass is 409 g/mol. The summed E-state index contributed by atoms with van der Waals surface area (Å²) in [6.45, 7) is 10.9. The van der Waals surface area contributed by atoms with Gasteiger partial charge in [0.25, 0.3) is 0 Å². The zero-order valence-electron chi connectivity index (χ0n) is 21.1. The van der Waals surface area contributed by atoms with Crippen molar-refractivity contribution in [3.63, 3.8) is 0 Å². The molecule has 0 saturated heterocycles. The fraction of sp³-hybridized carbons (Fsp3) is 1.00. The first kappa shape index (κ1) is 29.0. The maximum atomic E-state index is 2.72. The molecule has 0 aromatic rings. The molecule has 0 fully saturated rings. The molecule has 1 heteroatoms. The van der Waals surface area contributed by atoms with Gasteiger partial charge in [0.1, 0.15) is 0 Å². The van der Waals surface area contributed by atoms with E-state index in [0.717, 1.165) is 0 Å². The van der Waals surface area contributed by atoms with E-state index in [9.17, 15) is 0 Å². The summed E-state index contributed by atoms with van der Waals surface area (Å²) in [4.78, 5) is 2.72. The van der Waals surface area contributed by atoms with Crippen molar-refractivity contribution < 1.29 is 0 Å². The summed E-state index contributed by atoms with van der Waals surface area (Å²) >= 11 is 0. The summed E-state index contributed by atoms with van der Waals surface area (Å²) in [5, 5.41) is 0. The molecule has 0 heterocycles. The Morgan fingerprint density at radius 2 is 0.517 bits per heavy atom. The molecule has 0 unspecified atom stereocenters. The molecular formula is C28H59N. The van der Waals surface area contributed by atoms with E-state index in [1.807, 2.05) is 0 Å². The van der Waals surface area contributed by atoms with Crippen molar-refractivity contribution >= 4 is 0 Å². The van der Waals surface area contributed by atoms with E-state index in [1.165, 1.54) is 161 Å². The standard InChI is InChI=1S/C28H59N/c1-4-7-10-11-12-13-14-15-16-17-18-19-20-21-22-23-24-25-28-29(26-8-5-2)27-9-6-3/h4-28H2,1-3H3. The Kier molecular flexibility index (Phi) is 26.0. The van der Waals surface area contributed by atoms with Crippen molar-refractivity contribution in [2.75, 3.05) is 19.6 Å². The summed E-state index contributed by atoms with van der Waals surface area (Å²) in [5.74, 6) is 0. The van der Waals surface area contributed by atoms with Crippen LogP contribution in [0.3, 0.4) is 0 Å². The number of nitrogens with zero attached hydrogens (tertiary/aromatic N) is 1. The van der Waals surface area contributed by atoms with Gasteiger partial charge in [0.05, 0.1) is 0 Å². The number of rotatable bonds is 25. The first-order valence-corrected chi connectivity index (χ1v) is 14.1. The Labute approximate surface area is 186 Å². The SMILES string of the molecule is CCCCCCCCCCCCCCCCCCCCN(CCCC)CCCC. The fourth-order valence-electron chi connectivity index (χ4n) is 4.34. The Morgan fingerprint density at radius 3 is 0.828 bits per heavy atom. The summed E-state index contributed by atoms with van der Waals surface area (Å²) in [7, 11) is 0. The van der Waals surface area contributed by atoms with E-state index in [1.54, 1.807) is 0 Å². The second-order valence-electron chi connectivity index (χ2n) is 9.56. The largest absolute Gasteiger partial charge is 0.303 e. The first-order chi connectivity index (χ1) is 14.3. The van der Waals surface area contributed by atoms with Gasteiger partial charge in [-0.2, -0.15) is 0 Å². The third-order valence-corrected chi connectivity index (χ3v) is 6.48. The van der Waals surface area contributed by atoms with E-state index in [0.29, 0.717) is 0 Å². The minimum atomic E-state index is 1.33. The first-order valence-electron chi connectivity index (χ1n) is 14.1. The van der Waals surface area contributed by atoms with Crippen molar-refractivity contribution in [3.8, 4) is 0 Å². The minimum absolute atomic E-state index is 1.33. The lowest BCUT2D eigenvalue weighted by Crippen LogP contribution is -2.27. The third kappa shape index (κ3) is 24.1. The van der Waals surface area contributed by atoms with Crippen molar-refractivity contribution in [1.82, 2.24) is 4.90 Å². The molecule has 29 heavy (non-hydrogen) atoms. The molecule has 0 N–H and O–H groups in total. The van der Waals surface area contributed by atoms with Gasteiger partial charge in [-0.05, 0) is 38.9 Å². The van der Waals surface area contributed by atoms with Crippen molar-refractivity contribution in [3.05, 3.63) is 0 Å². The third-order valence-electron chi connectivity index (χ3n) is 6.48. The quantitative estimate of drug-likeness (QED) is 0.136. The van der Waals surface area contributed by atoms with E-state index in [4.69, 9.17) is 0 Å². The van der Waals surface area contributed by atoms with Gasteiger partial charge in [-0.15, -0.1) is 0 Å². The predicted octanol–water partition coefficient (Wildman–Crippen LogP) is 9.93. The lowest BCUT2D eigenvalue weighted by Gasteiger charge is -2.21. The molecule has 0 spiro atoms. The van der Waals surface area contributed by atoms with Crippen LogP contribution in [0.15, 0.2) is 0 Å². The normalized spacial score (nSPS) is 11.6. The lowest BCUT2D eigenvalue weighted by atomic mass is 10.0. The van der Waals surface area contributed by atoms with E-state index in [2.05, 4.69) is 25.7 Å². The molecule has 0 amide bonds. The highest BCUT2D eigenvalue weighted by atomic mass is 15.1. The van der Waals surface area contributed by atoms with Gasteiger partial charge >= 0.3 is 0 Å². The van der Waals surface area contributed by atoms with Crippen molar-refractivity contribution in [1.29, 1.82) is 0 Å². The van der Waals surface area contributed by atoms with Crippen LogP contribution < -0.4 is 0 Å². The van der Waals surface area contributed by atoms with Crippen LogP contribution in [-0.2, 0) is 0 Å². The van der Waals surface area contributed by atoms with Crippen LogP contribution in [0.1, 0.15) is 162 Å². The van der Waals surface area contributed by atoms with Crippen LogP contribution in [-0.4, -0.2) is 24.5 Å². The van der Waals surface area contributed by atoms with Crippen molar-refractivity contribution in [2.24, 2.45) is 0 Å². The summed E-state index contributed by atoms with van der Waals surface area (Å²) in [5.41, 5.74) is 0. The Hall–Kier alpha value is -0.0400. The van der Waals surface area contributed by atoms with E-state index in [-0.39, 0.29) is 0 Å². The average Bonchev–Trinajstić information content (AvgIpc) is 2.74. The van der Waals surface area contributed by atoms with Crippen LogP contribution in [0.25, 0.3) is 0 Å². The number of hydrogen-bond donors (Lipinski definition) is 0. The smallest absolute Gasteiger partial charge is 0.00187 e. The summed E-state index contributed by atoms with van der Waals surface area (Å²) in [6.07, 6.45) is 31.8. The van der Waals surface area contributed by atoms with Crippen LogP contribution >= 0.6 is 0 Å². The lowest BCUT2D eigenvalue weighted by molar-refractivity contribution is 0.259. The van der Waals surface area contributed by atoms with E-state index >= 15 is 0 Å². The Balaban J connectivity index is 3.22. The fourth-order valence-corrected chi connectivity index (χ4v) is 4.34. The summed E-state index contributed by atoms with van der Waals surface area (Å²) in [6, 6.07) is 0. The molecular weight excluding hydrogens is 350 g/mol. The van der Waals surface area contributed by atoms with Gasteiger partial charge in [0.2, 0.25) is 0 Å². The van der Waals surface area contributed by atoms with Crippen LogP contribution in [0.5, 0.6) is 0 Å². The van der Waals surface area contributed by atoms with Gasteiger partial charge < -0.3 is 4.90 Å². The molecule has 176 valence electrons. The van der Waals surface area contributed by atoms with Gasteiger partial charge in [0, 0.05) is 0 Å². The molecule has 0 rings (SSSR count). The molecule has 0 bridgehead atoms. The van der Waals surface area contributed by atoms with Crippen LogP contribution in [0.4, 0.5) is 0 Å². The number of hydrogen-bond acceptors (Lipinski definition) is 1. The molecule has 0 radical (unpaired) electrons. The second kappa shape index (κ2) is 26.0. The number of unbranched alkanes of at least 4 members (excludes halogenated alkanes) is 19. The van der Waals surface area contributed by atoms with Gasteiger partial charge in [-0.25, -0.2) is 0 Å². The summed E-state index contributed by atoms with van der Waals surface area (Å²) < 4.78 is 0. The zero-order valence-corrected chi connectivity index (χ0v) is 21.1. The highest BCUT2D eigenvalue weighted by molar-refractivity contribution is 4.58. The zero-order chi connectivity index (χ0) is 21.3. The molecule has 0 atom stereocenters. The predicted molar refractivity (Wildman–Crippen MR) is 135 cm³/mol. The van der Waals surface area contributed by atoms with Gasteiger partial charge in [0.15, 0.2) is 0 Å². The minimum Gasteiger partial charge on any atom is -0.303 e. The van der Waals surface area contributed by atoms with Gasteiger partial charge in [-0.1, -0.05) is 143 Å². The van der Waals surface area contributed by atoms with Crippen LogP contribution in [0, 0.1) is 0 Å². The van der Waals surface area contributed by atoms with Gasteiger partial charge in [-0.3, -0.25) is 0 Å². The molecule has 1 nitrogen and oxygen atoms in total. The maximum Gasteiger partial charge on any atom is -0.00187 e. The van der Waals surface area contributed by atoms with Crippen LogP contribution in [0.2, 0.25) is 0 Å². The molecule has 0 saturated carbocycles. The topological polar surface area (TPSA) is 3.24 Å². The van der Waals surface area contributed by atoms with Crippen molar-refractivity contribution in [2.45, 2.75) is 162 Å². The Bertz CT molecular complexity index is 267. The molecule has 0 aliphatic heterocycles. The molecule has 0 aromatic heterocycles. The second-order valence-corrected chi connectivity index (χ2v) is 9.56. The average molecular weight is 410 g/mol. The molecule has 0 aliphatic carbocycles. The highest BCUT2D eigenvalue weighted by Crippen LogP contribution is 2.14. The maximum absolute atomic E-state index is 2.72.